The molecule has 6 nitrogen and oxygen atoms in total. The number of Topliss-reactive ketones (excluding diaryl/α,β-unsaturated/α-hetero) is 1. The van der Waals surface area contributed by atoms with Crippen LogP contribution in [0.4, 0.5) is 5.69 Å². The van der Waals surface area contributed by atoms with Gasteiger partial charge in [-0.2, -0.15) is 0 Å². The second-order valence-electron chi connectivity index (χ2n) is 3.02. The molecule has 7 heteroatoms. The van der Waals surface area contributed by atoms with Crippen molar-refractivity contribution in [1.29, 1.82) is 0 Å². The van der Waals surface area contributed by atoms with Crippen LogP contribution in [0.2, 0.25) is 0 Å². The van der Waals surface area contributed by atoms with Gasteiger partial charge in [0.25, 0.3) is 5.69 Å². The maximum absolute atomic E-state index is 10.2. The topological polar surface area (TPSA) is 89.7 Å². The van der Waals surface area contributed by atoms with Gasteiger partial charge in [0.15, 0.2) is 11.5 Å². The molecule has 0 saturated heterocycles. The molecule has 1 aromatic rings. The fourth-order valence-corrected chi connectivity index (χ4v) is 0.792. The summed E-state index contributed by atoms with van der Waals surface area (Å²) in [5, 5.41) is 19.3. The summed E-state index contributed by atoms with van der Waals surface area (Å²) in [7, 11) is 1.38. The number of nitro groups is 1. The average molecular weight is 251 g/mol. The number of phenols is 1. The van der Waals surface area contributed by atoms with Gasteiger partial charge < -0.3 is 16.1 Å². The van der Waals surface area contributed by atoms with Crippen LogP contribution in [-0.4, -0.2) is 22.9 Å². The van der Waals surface area contributed by atoms with Gasteiger partial charge in [-0.1, -0.05) is 0 Å². The number of ketones is 1. The zero-order valence-corrected chi connectivity index (χ0v) is 12.3. The van der Waals surface area contributed by atoms with E-state index in [4.69, 9.17) is 9.84 Å². The summed E-state index contributed by atoms with van der Waals surface area (Å²) in [4.78, 5) is 19.1. The van der Waals surface area contributed by atoms with Crippen LogP contribution in [0.3, 0.4) is 0 Å². The number of nitro benzene ring substituents is 1. The Bertz CT molecular complexity index is 396. The third-order valence-corrected chi connectivity index (χ3v) is 1.37. The molecule has 1 N–H and O–H groups in total. The van der Waals surface area contributed by atoms with Crippen molar-refractivity contribution in [3.8, 4) is 11.5 Å². The largest absolute Gasteiger partial charge is 1.00 e. The minimum atomic E-state index is -0.584. The van der Waals surface area contributed by atoms with E-state index >= 15 is 0 Å². The molecule has 0 aliphatic carbocycles. The Labute approximate surface area is 123 Å². The molecule has 0 fully saturated rings. The van der Waals surface area contributed by atoms with E-state index in [0.717, 1.165) is 6.07 Å². The number of rotatable bonds is 2. The van der Waals surface area contributed by atoms with Crippen LogP contribution in [0.25, 0.3) is 0 Å². The summed E-state index contributed by atoms with van der Waals surface area (Å²) < 4.78 is 4.71. The van der Waals surface area contributed by atoms with Crippen molar-refractivity contribution in [2.75, 3.05) is 7.11 Å². The van der Waals surface area contributed by atoms with Crippen molar-refractivity contribution in [2.24, 2.45) is 0 Å². The quantitative estimate of drug-likeness (QED) is 0.414. The van der Waals surface area contributed by atoms with Gasteiger partial charge in [-0.25, -0.2) is 0 Å². The average Bonchev–Trinajstić information content (AvgIpc) is 2.16. The summed E-state index contributed by atoms with van der Waals surface area (Å²) in [6.07, 6.45) is 0. The number of hydrogen-bond acceptors (Lipinski definition) is 5. The number of benzene rings is 1. The van der Waals surface area contributed by atoms with E-state index in [1.807, 2.05) is 0 Å². The number of hydrogen-bond donors (Lipinski definition) is 1. The maximum atomic E-state index is 10.2. The van der Waals surface area contributed by atoms with Gasteiger partial charge in [-0.3, -0.25) is 10.1 Å². The fourth-order valence-electron chi connectivity index (χ4n) is 0.792. The van der Waals surface area contributed by atoms with Crippen LogP contribution in [0, 0.1) is 10.1 Å². The molecular weight excluding hydrogens is 237 g/mol. The normalized spacial score (nSPS) is 8.18. The molecule has 0 atom stereocenters. The molecule has 90 valence electrons. The molecule has 0 unspecified atom stereocenters. The second kappa shape index (κ2) is 8.98. The summed E-state index contributed by atoms with van der Waals surface area (Å²) in [5.41, 5.74) is -0.159. The van der Waals surface area contributed by atoms with E-state index in [0.29, 0.717) is 0 Å². The van der Waals surface area contributed by atoms with Crippen LogP contribution in [0.5, 0.6) is 11.5 Å². The number of carbonyl (C=O) groups is 1. The van der Waals surface area contributed by atoms with Gasteiger partial charge in [-0.15, -0.1) is 0 Å². The first kappa shape index (κ1) is 18.3. The first-order valence-corrected chi connectivity index (χ1v) is 4.37. The number of carbonyl (C=O) groups excluding carboxylic acids is 1. The molecule has 0 spiro atoms. The van der Waals surface area contributed by atoms with Crippen molar-refractivity contribution in [3.63, 3.8) is 0 Å². The van der Waals surface area contributed by atoms with Crippen LogP contribution < -0.4 is 34.3 Å². The van der Waals surface area contributed by atoms with Crippen molar-refractivity contribution in [2.45, 2.75) is 13.8 Å². The summed E-state index contributed by atoms with van der Waals surface area (Å²) >= 11 is 0. The molecular formula is C10H14NNaO5. The Balaban J connectivity index is -0.000000332. The Kier molecular flexibility index (Phi) is 9.64. The first-order chi connectivity index (χ1) is 7.38. The second-order valence-corrected chi connectivity index (χ2v) is 3.02. The van der Waals surface area contributed by atoms with Crippen LogP contribution in [0.1, 0.15) is 15.3 Å². The predicted molar refractivity (Wildman–Crippen MR) is 58.8 cm³/mol. The van der Waals surface area contributed by atoms with Crippen LogP contribution in [0.15, 0.2) is 18.2 Å². The molecule has 0 radical (unpaired) electrons. The standard InChI is InChI=1S/C7H7NO4.C3H6O.Na.H/c1-12-7-3-2-5(8(10)11)4-6(7)9;1-3(2)4;;/h2-4,9H,1H3;1-2H3;;/q;;+1;-1. The fraction of sp³-hybridized carbons (Fsp3) is 0.300. The van der Waals surface area contributed by atoms with Gasteiger partial charge in [0.1, 0.15) is 5.78 Å². The van der Waals surface area contributed by atoms with E-state index in [1.165, 1.54) is 33.1 Å². The van der Waals surface area contributed by atoms with Crippen LogP contribution >= 0.6 is 0 Å². The molecule has 0 amide bonds. The van der Waals surface area contributed by atoms with E-state index in [2.05, 4.69) is 0 Å². The summed E-state index contributed by atoms with van der Waals surface area (Å²) in [6.45, 7) is 3.06. The third-order valence-electron chi connectivity index (χ3n) is 1.37. The van der Waals surface area contributed by atoms with E-state index in [1.54, 1.807) is 0 Å². The molecule has 0 heterocycles. The Morgan fingerprint density at radius 3 is 2.24 bits per heavy atom. The van der Waals surface area contributed by atoms with Crippen molar-refractivity contribution in [3.05, 3.63) is 28.3 Å². The molecule has 1 rings (SSSR count). The van der Waals surface area contributed by atoms with Gasteiger partial charge in [0, 0.05) is 6.07 Å². The third kappa shape index (κ3) is 7.73. The molecule has 17 heavy (non-hydrogen) atoms. The first-order valence-electron chi connectivity index (χ1n) is 4.37. The summed E-state index contributed by atoms with van der Waals surface area (Å²) in [6, 6.07) is 3.64. The maximum Gasteiger partial charge on any atom is 1.00 e. The Morgan fingerprint density at radius 1 is 1.47 bits per heavy atom. The molecule has 0 saturated carbocycles. The van der Waals surface area contributed by atoms with Gasteiger partial charge in [-0.05, 0) is 19.9 Å². The number of ether oxygens (including phenoxy) is 1. The van der Waals surface area contributed by atoms with E-state index in [9.17, 15) is 14.9 Å². The smallest absolute Gasteiger partial charge is 1.00 e. The number of phenolic OH excluding ortho intramolecular Hbond substituents is 1. The van der Waals surface area contributed by atoms with Crippen molar-refractivity contribution < 1.29 is 50.5 Å². The molecule has 1 aromatic carbocycles. The van der Waals surface area contributed by atoms with Gasteiger partial charge in [0.05, 0.1) is 18.1 Å². The van der Waals surface area contributed by atoms with Crippen molar-refractivity contribution >= 4 is 11.5 Å². The predicted octanol–water partition coefficient (Wildman–Crippen LogP) is -0.979. The van der Waals surface area contributed by atoms with Crippen molar-refractivity contribution in [1.82, 2.24) is 0 Å². The zero-order valence-electron chi connectivity index (χ0n) is 11.3. The number of aromatic hydroxyl groups is 1. The number of methoxy groups -OCH3 is 1. The molecule has 0 aromatic heterocycles. The van der Waals surface area contributed by atoms with Gasteiger partial charge >= 0.3 is 29.6 Å². The monoisotopic (exact) mass is 251 g/mol. The summed E-state index contributed by atoms with van der Waals surface area (Å²) in [5.74, 6) is 0.160. The number of nitrogens with zero attached hydrogens (tertiary/aromatic N) is 1. The van der Waals surface area contributed by atoms with E-state index in [-0.39, 0.29) is 54.0 Å². The SMILES string of the molecule is CC(C)=O.COc1ccc([N+](=O)[O-])cc1O.[H-].[Na+]. The Hall–Kier alpha value is -1.11. The molecule has 0 aliphatic rings. The Morgan fingerprint density at radius 2 is 1.94 bits per heavy atom. The minimum absolute atomic E-state index is 0. The van der Waals surface area contributed by atoms with Crippen LogP contribution in [-0.2, 0) is 4.79 Å². The van der Waals surface area contributed by atoms with Gasteiger partial charge in [0.2, 0.25) is 0 Å². The van der Waals surface area contributed by atoms with E-state index < -0.39 is 4.92 Å². The number of non-ortho nitro benzene ring substituents is 1. The zero-order chi connectivity index (χ0) is 12.7. The minimum Gasteiger partial charge on any atom is -1.00 e. The molecule has 0 bridgehead atoms. The molecule has 0 aliphatic heterocycles.